The number of hydrogen-bond acceptors (Lipinski definition) is 5. The third-order valence-electron chi connectivity index (χ3n) is 4.44. The minimum Gasteiger partial charge on any atom is -0.348 e. The van der Waals surface area contributed by atoms with E-state index in [1.165, 1.54) is 4.88 Å². The molecule has 1 fully saturated rings. The number of carbonyl (C=O) groups is 1. The summed E-state index contributed by atoms with van der Waals surface area (Å²) in [5.41, 5.74) is 0. The van der Waals surface area contributed by atoms with E-state index >= 15 is 0 Å². The molecule has 5 nitrogen and oxygen atoms in total. The first-order valence-electron chi connectivity index (χ1n) is 8.51. The van der Waals surface area contributed by atoms with E-state index in [4.69, 9.17) is 0 Å². The van der Waals surface area contributed by atoms with Gasteiger partial charge in [-0.05, 0) is 36.3 Å². The van der Waals surface area contributed by atoms with Gasteiger partial charge in [0.1, 0.15) is 0 Å². The van der Waals surface area contributed by atoms with E-state index in [0.29, 0.717) is 18.4 Å². The molecule has 0 aromatic carbocycles. The molecule has 1 saturated heterocycles. The molecular weight excluding hydrogens is 320 g/mol. The minimum absolute atomic E-state index is 0.0104. The normalized spacial score (nSPS) is 19.3. The molecule has 2 unspecified atom stereocenters. The quantitative estimate of drug-likeness (QED) is 0.904. The lowest BCUT2D eigenvalue weighted by Gasteiger charge is -2.33. The summed E-state index contributed by atoms with van der Waals surface area (Å²) in [5, 5.41) is 5.33. The van der Waals surface area contributed by atoms with Crippen molar-refractivity contribution in [1.29, 1.82) is 0 Å². The van der Waals surface area contributed by atoms with Crippen molar-refractivity contribution >= 4 is 23.2 Å². The number of nitrogens with one attached hydrogen (secondary N) is 1. The lowest BCUT2D eigenvalue weighted by molar-refractivity contribution is -0.126. The minimum atomic E-state index is -0.0104. The van der Waals surface area contributed by atoms with Crippen LogP contribution in [0.2, 0.25) is 0 Å². The SMILES string of the molecule is CC(C)C(NC(=O)C1CCCN(c2ncccn2)C1)c1cccs1. The molecule has 1 amide bonds. The van der Waals surface area contributed by atoms with Gasteiger partial charge in [-0.3, -0.25) is 4.79 Å². The van der Waals surface area contributed by atoms with Gasteiger partial charge in [-0.2, -0.15) is 0 Å². The molecule has 0 saturated carbocycles. The lowest BCUT2D eigenvalue weighted by atomic mass is 9.95. The molecule has 2 aromatic heterocycles. The van der Waals surface area contributed by atoms with Crippen LogP contribution in [0.3, 0.4) is 0 Å². The Morgan fingerprint density at radius 3 is 2.79 bits per heavy atom. The Kier molecular flexibility index (Phi) is 5.45. The van der Waals surface area contributed by atoms with Crippen LogP contribution >= 0.6 is 11.3 Å². The number of piperidine rings is 1. The fourth-order valence-corrected chi connectivity index (χ4v) is 4.08. The molecule has 1 aliphatic rings. The standard InChI is InChI=1S/C18H24N4OS/c1-13(2)16(15-7-4-11-24-15)21-17(23)14-6-3-10-22(12-14)18-19-8-5-9-20-18/h4-5,7-9,11,13-14,16H,3,6,10,12H2,1-2H3,(H,21,23). The maximum Gasteiger partial charge on any atom is 0.225 e. The summed E-state index contributed by atoms with van der Waals surface area (Å²) in [6.45, 7) is 5.89. The number of nitrogens with zero attached hydrogens (tertiary/aromatic N) is 3. The van der Waals surface area contributed by atoms with Gasteiger partial charge in [0.05, 0.1) is 12.0 Å². The maximum absolute atomic E-state index is 12.8. The van der Waals surface area contributed by atoms with E-state index in [1.807, 2.05) is 12.1 Å². The molecule has 6 heteroatoms. The van der Waals surface area contributed by atoms with Gasteiger partial charge >= 0.3 is 0 Å². The molecule has 2 aromatic rings. The molecule has 0 aliphatic carbocycles. The molecule has 1 N–H and O–H groups in total. The van der Waals surface area contributed by atoms with Crippen LogP contribution in [0.25, 0.3) is 0 Å². The van der Waals surface area contributed by atoms with Crippen molar-refractivity contribution in [1.82, 2.24) is 15.3 Å². The fourth-order valence-electron chi connectivity index (χ4n) is 3.13. The first-order valence-corrected chi connectivity index (χ1v) is 9.39. The van der Waals surface area contributed by atoms with E-state index < -0.39 is 0 Å². The number of carbonyl (C=O) groups excluding carboxylic acids is 1. The Bertz CT molecular complexity index is 644. The summed E-state index contributed by atoms with van der Waals surface area (Å²) in [6.07, 6.45) is 5.40. The van der Waals surface area contributed by atoms with Crippen LogP contribution < -0.4 is 10.2 Å². The average Bonchev–Trinajstić information content (AvgIpc) is 3.14. The molecular formula is C18H24N4OS. The van der Waals surface area contributed by atoms with E-state index in [9.17, 15) is 4.79 Å². The van der Waals surface area contributed by atoms with Crippen molar-refractivity contribution in [2.45, 2.75) is 32.7 Å². The summed E-state index contributed by atoms with van der Waals surface area (Å²) in [4.78, 5) is 24.8. The summed E-state index contributed by atoms with van der Waals surface area (Å²) in [7, 11) is 0. The molecule has 24 heavy (non-hydrogen) atoms. The van der Waals surface area contributed by atoms with Crippen LogP contribution in [0.15, 0.2) is 36.0 Å². The Balaban J connectivity index is 1.66. The van der Waals surface area contributed by atoms with Gasteiger partial charge in [0.25, 0.3) is 0 Å². The highest BCUT2D eigenvalue weighted by Crippen LogP contribution is 2.27. The highest BCUT2D eigenvalue weighted by molar-refractivity contribution is 7.10. The Hall–Kier alpha value is -1.95. The van der Waals surface area contributed by atoms with Gasteiger partial charge in [-0.15, -0.1) is 11.3 Å². The molecule has 0 spiro atoms. The van der Waals surface area contributed by atoms with Crippen molar-refractivity contribution in [3.05, 3.63) is 40.8 Å². The topological polar surface area (TPSA) is 58.1 Å². The van der Waals surface area contributed by atoms with Gasteiger partial charge in [-0.25, -0.2) is 9.97 Å². The molecule has 2 atom stereocenters. The third-order valence-corrected chi connectivity index (χ3v) is 5.40. The largest absolute Gasteiger partial charge is 0.348 e. The van der Waals surface area contributed by atoms with Gasteiger partial charge < -0.3 is 10.2 Å². The van der Waals surface area contributed by atoms with E-state index in [1.54, 1.807) is 23.7 Å². The number of hydrogen-bond donors (Lipinski definition) is 1. The zero-order chi connectivity index (χ0) is 16.9. The summed E-state index contributed by atoms with van der Waals surface area (Å²) < 4.78 is 0. The monoisotopic (exact) mass is 344 g/mol. The van der Waals surface area contributed by atoms with Crippen LogP contribution in [0.5, 0.6) is 0 Å². The Labute approximate surface area is 147 Å². The van der Waals surface area contributed by atoms with Crippen molar-refractivity contribution in [2.75, 3.05) is 18.0 Å². The van der Waals surface area contributed by atoms with Gasteiger partial charge in [0.15, 0.2) is 0 Å². The van der Waals surface area contributed by atoms with Crippen molar-refractivity contribution in [3.63, 3.8) is 0 Å². The van der Waals surface area contributed by atoms with Crippen molar-refractivity contribution < 1.29 is 4.79 Å². The third kappa shape index (κ3) is 3.93. The predicted octanol–water partition coefficient (Wildman–Crippen LogP) is 3.27. The Morgan fingerprint density at radius 1 is 1.33 bits per heavy atom. The average molecular weight is 344 g/mol. The van der Waals surface area contributed by atoms with E-state index in [-0.39, 0.29) is 17.9 Å². The number of thiophene rings is 1. The molecule has 3 rings (SSSR count). The smallest absolute Gasteiger partial charge is 0.225 e. The highest BCUT2D eigenvalue weighted by Gasteiger charge is 2.29. The predicted molar refractivity (Wildman–Crippen MR) is 97.0 cm³/mol. The number of rotatable bonds is 5. The second kappa shape index (κ2) is 7.75. The Morgan fingerprint density at radius 2 is 2.12 bits per heavy atom. The van der Waals surface area contributed by atoms with Crippen molar-refractivity contribution in [3.8, 4) is 0 Å². The summed E-state index contributed by atoms with van der Waals surface area (Å²) in [6, 6.07) is 6.03. The molecule has 3 heterocycles. The van der Waals surface area contributed by atoms with Crippen LogP contribution in [-0.2, 0) is 4.79 Å². The maximum atomic E-state index is 12.8. The van der Waals surface area contributed by atoms with Crippen molar-refractivity contribution in [2.24, 2.45) is 11.8 Å². The zero-order valence-corrected chi connectivity index (χ0v) is 15.0. The number of aromatic nitrogens is 2. The highest BCUT2D eigenvalue weighted by atomic mass is 32.1. The summed E-state index contributed by atoms with van der Waals surface area (Å²) in [5.74, 6) is 1.21. The molecule has 0 bridgehead atoms. The fraction of sp³-hybridized carbons (Fsp3) is 0.500. The summed E-state index contributed by atoms with van der Waals surface area (Å²) >= 11 is 1.70. The first-order chi connectivity index (χ1) is 11.6. The van der Waals surface area contributed by atoms with Gasteiger partial charge in [-0.1, -0.05) is 19.9 Å². The number of amides is 1. The van der Waals surface area contributed by atoms with Crippen LogP contribution in [0.4, 0.5) is 5.95 Å². The molecule has 1 aliphatic heterocycles. The van der Waals surface area contributed by atoms with E-state index in [2.05, 4.69) is 45.5 Å². The lowest BCUT2D eigenvalue weighted by Crippen LogP contribution is -2.45. The van der Waals surface area contributed by atoms with Gasteiger partial charge in [0, 0.05) is 30.4 Å². The van der Waals surface area contributed by atoms with E-state index in [0.717, 1.165) is 19.4 Å². The molecule has 128 valence electrons. The van der Waals surface area contributed by atoms with Crippen LogP contribution in [0.1, 0.15) is 37.6 Å². The second-order valence-corrected chi connectivity index (χ2v) is 7.56. The van der Waals surface area contributed by atoms with Gasteiger partial charge in [0.2, 0.25) is 11.9 Å². The second-order valence-electron chi connectivity index (χ2n) is 6.58. The van der Waals surface area contributed by atoms with Crippen LogP contribution in [0, 0.1) is 11.8 Å². The zero-order valence-electron chi connectivity index (χ0n) is 14.2. The number of anilines is 1. The first kappa shape index (κ1) is 16.9. The van der Waals surface area contributed by atoms with Crippen LogP contribution in [-0.4, -0.2) is 29.0 Å². The molecule has 0 radical (unpaired) electrons.